The summed E-state index contributed by atoms with van der Waals surface area (Å²) < 4.78 is 5.48. The summed E-state index contributed by atoms with van der Waals surface area (Å²) in [6.45, 7) is 7.84. The van der Waals surface area contributed by atoms with Gasteiger partial charge in [0.05, 0.1) is 0 Å². The maximum Gasteiger partial charge on any atom is 0.116 e. The van der Waals surface area contributed by atoms with Crippen LogP contribution in [-0.4, -0.2) is 13.3 Å². The van der Waals surface area contributed by atoms with Gasteiger partial charge in [0.25, 0.3) is 0 Å². The molecule has 0 amide bonds. The van der Waals surface area contributed by atoms with Gasteiger partial charge >= 0.3 is 0 Å². The normalized spacial score (nSPS) is 10.3. The van der Waals surface area contributed by atoms with E-state index in [0.717, 1.165) is 13.0 Å². The SMILES string of the molecule is CCCCOCNc1c(C)cccc1C. The molecule has 0 saturated heterocycles. The van der Waals surface area contributed by atoms with E-state index in [1.807, 2.05) is 0 Å². The Hall–Kier alpha value is -1.02. The van der Waals surface area contributed by atoms with Gasteiger partial charge in [-0.25, -0.2) is 0 Å². The molecular weight excluding hydrogens is 186 g/mol. The Balaban J connectivity index is 2.37. The van der Waals surface area contributed by atoms with Crippen molar-refractivity contribution in [3.63, 3.8) is 0 Å². The number of rotatable bonds is 6. The van der Waals surface area contributed by atoms with Crippen LogP contribution >= 0.6 is 0 Å². The third-order valence-corrected chi connectivity index (χ3v) is 2.47. The highest BCUT2D eigenvalue weighted by atomic mass is 16.5. The van der Waals surface area contributed by atoms with Crippen LogP contribution in [0.15, 0.2) is 18.2 Å². The maximum atomic E-state index is 5.48. The minimum Gasteiger partial charge on any atom is -0.362 e. The Bertz CT molecular complexity index is 276. The molecule has 1 aromatic carbocycles. The van der Waals surface area contributed by atoms with Crippen molar-refractivity contribution in [2.45, 2.75) is 33.6 Å². The van der Waals surface area contributed by atoms with Crippen LogP contribution in [0, 0.1) is 13.8 Å². The molecular formula is C13H21NO. The highest BCUT2D eigenvalue weighted by molar-refractivity contribution is 5.56. The van der Waals surface area contributed by atoms with Crippen LogP contribution < -0.4 is 5.32 Å². The number of ether oxygens (including phenoxy) is 1. The summed E-state index contributed by atoms with van der Waals surface area (Å²) >= 11 is 0. The van der Waals surface area contributed by atoms with Crippen LogP contribution in [0.4, 0.5) is 5.69 Å². The van der Waals surface area contributed by atoms with E-state index in [1.165, 1.54) is 23.2 Å². The second kappa shape index (κ2) is 6.46. The fourth-order valence-electron chi connectivity index (χ4n) is 1.54. The van der Waals surface area contributed by atoms with Crippen molar-refractivity contribution in [2.75, 3.05) is 18.7 Å². The Kier molecular flexibility index (Phi) is 5.19. The maximum absolute atomic E-state index is 5.48. The molecule has 2 heteroatoms. The second-order valence-electron chi connectivity index (χ2n) is 3.85. The molecule has 0 heterocycles. The van der Waals surface area contributed by atoms with E-state index in [-0.39, 0.29) is 0 Å². The summed E-state index contributed by atoms with van der Waals surface area (Å²) in [5, 5.41) is 3.32. The lowest BCUT2D eigenvalue weighted by Gasteiger charge is -2.12. The first-order chi connectivity index (χ1) is 7.25. The average Bonchev–Trinajstić information content (AvgIpc) is 2.21. The Morgan fingerprint density at radius 3 is 2.47 bits per heavy atom. The molecule has 0 radical (unpaired) electrons. The molecule has 0 bridgehead atoms. The Morgan fingerprint density at radius 2 is 1.87 bits per heavy atom. The van der Waals surface area contributed by atoms with Crippen LogP contribution in [0.3, 0.4) is 0 Å². The summed E-state index contributed by atoms with van der Waals surface area (Å²) in [6.07, 6.45) is 2.32. The predicted octanol–water partition coefficient (Wildman–Crippen LogP) is 3.49. The molecule has 2 nitrogen and oxygen atoms in total. The number of unbranched alkanes of at least 4 members (excludes halogenated alkanes) is 1. The molecule has 0 aromatic heterocycles. The van der Waals surface area contributed by atoms with Crippen molar-refractivity contribution in [1.82, 2.24) is 0 Å². The topological polar surface area (TPSA) is 21.3 Å². The Morgan fingerprint density at radius 1 is 1.20 bits per heavy atom. The van der Waals surface area contributed by atoms with Gasteiger partial charge in [0.2, 0.25) is 0 Å². The molecule has 0 aliphatic heterocycles. The molecule has 0 aliphatic rings. The van der Waals surface area contributed by atoms with Gasteiger partial charge in [-0.05, 0) is 31.4 Å². The zero-order valence-corrected chi connectivity index (χ0v) is 9.97. The molecule has 0 fully saturated rings. The second-order valence-corrected chi connectivity index (χ2v) is 3.85. The highest BCUT2D eigenvalue weighted by Gasteiger charge is 1.99. The van der Waals surface area contributed by atoms with E-state index in [9.17, 15) is 0 Å². The van der Waals surface area contributed by atoms with Crippen LogP contribution in [0.2, 0.25) is 0 Å². The van der Waals surface area contributed by atoms with Crippen molar-refractivity contribution in [3.8, 4) is 0 Å². The van der Waals surface area contributed by atoms with Gasteiger partial charge in [0.15, 0.2) is 0 Å². The van der Waals surface area contributed by atoms with Crippen molar-refractivity contribution in [1.29, 1.82) is 0 Å². The van der Waals surface area contributed by atoms with Gasteiger partial charge in [0, 0.05) is 12.3 Å². The van der Waals surface area contributed by atoms with Crippen LogP contribution in [-0.2, 0) is 4.74 Å². The van der Waals surface area contributed by atoms with Gasteiger partial charge < -0.3 is 10.1 Å². The van der Waals surface area contributed by atoms with Gasteiger partial charge in [0.1, 0.15) is 6.73 Å². The van der Waals surface area contributed by atoms with Crippen molar-refractivity contribution in [2.24, 2.45) is 0 Å². The van der Waals surface area contributed by atoms with Crippen molar-refractivity contribution < 1.29 is 4.74 Å². The summed E-state index contributed by atoms with van der Waals surface area (Å²) in [6, 6.07) is 6.30. The summed E-state index contributed by atoms with van der Waals surface area (Å²) in [5.41, 5.74) is 3.75. The third kappa shape index (κ3) is 3.92. The van der Waals surface area contributed by atoms with Crippen molar-refractivity contribution in [3.05, 3.63) is 29.3 Å². The van der Waals surface area contributed by atoms with E-state index in [2.05, 4.69) is 44.3 Å². The zero-order valence-electron chi connectivity index (χ0n) is 9.97. The lowest BCUT2D eigenvalue weighted by molar-refractivity contribution is 0.149. The van der Waals surface area contributed by atoms with E-state index in [1.54, 1.807) is 0 Å². The fraction of sp³-hybridized carbons (Fsp3) is 0.538. The largest absolute Gasteiger partial charge is 0.362 e. The summed E-state index contributed by atoms with van der Waals surface area (Å²) in [5.74, 6) is 0. The van der Waals surface area contributed by atoms with Crippen molar-refractivity contribution >= 4 is 5.69 Å². The highest BCUT2D eigenvalue weighted by Crippen LogP contribution is 2.18. The van der Waals surface area contributed by atoms with Gasteiger partial charge in [-0.2, -0.15) is 0 Å². The number of hydrogen-bond donors (Lipinski definition) is 1. The number of nitrogens with one attached hydrogen (secondary N) is 1. The van der Waals surface area contributed by atoms with Gasteiger partial charge in [-0.15, -0.1) is 0 Å². The first kappa shape index (κ1) is 12.1. The summed E-state index contributed by atoms with van der Waals surface area (Å²) in [4.78, 5) is 0. The quantitative estimate of drug-likeness (QED) is 0.569. The zero-order chi connectivity index (χ0) is 11.1. The standard InChI is InChI=1S/C13H21NO/c1-4-5-9-15-10-14-13-11(2)7-6-8-12(13)3/h6-8,14H,4-5,9-10H2,1-3H3. The monoisotopic (exact) mass is 207 g/mol. The van der Waals surface area contributed by atoms with Gasteiger partial charge in [-0.3, -0.25) is 0 Å². The smallest absolute Gasteiger partial charge is 0.116 e. The molecule has 1 rings (SSSR count). The number of benzene rings is 1. The minimum atomic E-state index is 0.603. The predicted molar refractivity (Wildman–Crippen MR) is 65.3 cm³/mol. The van der Waals surface area contributed by atoms with E-state index in [0.29, 0.717) is 6.73 Å². The summed E-state index contributed by atoms with van der Waals surface area (Å²) in [7, 11) is 0. The molecule has 84 valence electrons. The lowest BCUT2D eigenvalue weighted by Crippen LogP contribution is -2.09. The molecule has 0 aliphatic carbocycles. The molecule has 15 heavy (non-hydrogen) atoms. The first-order valence-corrected chi connectivity index (χ1v) is 5.63. The van der Waals surface area contributed by atoms with E-state index in [4.69, 9.17) is 4.74 Å². The number of hydrogen-bond acceptors (Lipinski definition) is 2. The van der Waals surface area contributed by atoms with Gasteiger partial charge in [-0.1, -0.05) is 31.5 Å². The number of aryl methyl sites for hydroxylation is 2. The van der Waals surface area contributed by atoms with E-state index >= 15 is 0 Å². The van der Waals surface area contributed by atoms with Crippen LogP contribution in [0.1, 0.15) is 30.9 Å². The molecule has 1 N–H and O–H groups in total. The molecule has 0 spiro atoms. The van der Waals surface area contributed by atoms with Crippen LogP contribution in [0.5, 0.6) is 0 Å². The molecule has 0 unspecified atom stereocenters. The third-order valence-electron chi connectivity index (χ3n) is 2.47. The molecule has 0 saturated carbocycles. The fourth-order valence-corrected chi connectivity index (χ4v) is 1.54. The number of anilines is 1. The first-order valence-electron chi connectivity index (χ1n) is 5.63. The minimum absolute atomic E-state index is 0.603. The van der Waals surface area contributed by atoms with Crippen LogP contribution in [0.25, 0.3) is 0 Å². The molecule has 0 atom stereocenters. The average molecular weight is 207 g/mol. The lowest BCUT2D eigenvalue weighted by atomic mass is 10.1. The number of para-hydroxylation sites is 1. The van der Waals surface area contributed by atoms with E-state index < -0.39 is 0 Å². The molecule has 1 aromatic rings. The Labute approximate surface area is 92.6 Å².